The maximum absolute atomic E-state index is 13.4. The van der Waals surface area contributed by atoms with Crippen molar-refractivity contribution in [3.8, 4) is 0 Å². The molecule has 1 amide bonds. The van der Waals surface area contributed by atoms with Gasteiger partial charge in [0, 0.05) is 36.8 Å². The lowest BCUT2D eigenvalue weighted by molar-refractivity contribution is 0.0778. The maximum atomic E-state index is 13.4. The summed E-state index contributed by atoms with van der Waals surface area (Å²) in [5.74, 6) is 0.736. The third-order valence-electron chi connectivity index (χ3n) is 5.39. The molecule has 150 valence electrons. The summed E-state index contributed by atoms with van der Waals surface area (Å²) in [7, 11) is 2.00. The van der Waals surface area contributed by atoms with Crippen molar-refractivity contribution in [2.45, 2.75) is 25.9 Å². The summed E-state index contributed by atoms with van der Waals surface area (Å²) in [6, 6.07) is 8.10. The molecule has 7 nitrogen and oxygen atoms in total. The Morgan fingerprint density at radius 1 is 1.31 bits per heavy atom. The fourth-order valence-corrected chi connectivity index (χ4v) is 3.75. The molecule has 2 aromatic heterocycles. The highest BCUT2D eigenvalue weighted by atomic mass is 19.1. The molecule has 1 fully saturated rings. The number of hydrogen-bond donors (Lipinski definition) is 1. The van der Waals surface area contributed by atoms with Crippen molar-refractivity contribution in [1.29, 1.82) is 0 Å². The lowest BCUT2D eigenvalue weighted by Gasteiger charge is -2.24. The van der Waals surface area contributed by atoms with Crippen LogP contribution in [0.4, 0.5) is 10.2 Å². The van der Waals surface area contributed by atoms with E-state index in [1.165, 1.54) is 12.1 Å². The second-order valence-corrected chi connectivity index (χ2v) is 7.46. The van der Waals surface area contributed by atoms with Gasteiger partial charge in [0.15, 0.2) is 0 Å². The van der Waals surface area contributed by atoms with E-state index < -0.39 is 0 Å². The third-order valence-corrected chi connectivity index (χ3v) is 5.39. The Balaban J connectivity index is 1.47. The number of aromatic nitrogens is 3. The molecule has 1 aliphatic rings. The van der Waals surface area contributed by atoms with Crippen molar-refractivity contribution in [3.63, 3.8) is 0 Å². The largest absolute Gasteiger partial charge is 0.384 e. The molecule has 1 aromatic carbocycles. The molecule has 1 saturated heterocycles. The van der Waals surface area contributed by atoms with Crippen molar-refractivity contribution >= 4 is 22.6 Å². The Morgan fingerprint density at radius 3 is 2.93 bits per heavy atom. The number of hydrogen-bond acceptors (Lipinski definition) is 6. The monoisotopic (exact) mass is 394 g/mol. The number of carbonyl (C=O) groups is 1. The van der Waals surface area contributed by atoms with E-state index in [1.54, 1.807) is 31.3 Å². The van der Waals surface area contributed by atoms with Crippen LogP contribution in [0.25, 0.3) is 10.9 Å². The average molecular weight is 394 g/mol. The van der Waals surface area contributed by atoms with Gasteiger partial charge in [-0.1, -0.05) is 0 Å². The van der Waals surface area contributed by atoms with E-state index in [0.717, 1.165) is 11.8 Å². The van der Waals surface area contributed by atoms with Crippen LogP contribution < -0.4 is 5.73 Å². The smallest absolute Gasteiger partial charge is 0.255 e. The van der Waals surface area contributed by atoms with E-state index in [4.69, 9.17) is 5.73 Å². The van der Waals surface area contributed by atoms with E-state index in [1.807, 2.05) is 11.9 Å². The lowest BCUT2D eigenvalue weighted by atomic mass is 10.1. The Bertz CT molecular complexity index is 1070. The SMILES string of the molecule is Cc1nc2cc(F)ccc2cc1C(=O)N1CCC(N(C)Cc2nccc(N)n2)C1. The minimum atomic E-state index is -0.335. The van der Waals surface area contributed by atoms with Gasteiger partial charge in [-0.25, -0.2) is 14.4 Å². The van der Waals surface area contributed by atoms with Gasteiger partial charge in [-0.2, -0.15) is 0 Å². The summed E-state index contributed by atoms with van der Waals surface area (Å²) in [6.45, 7) is 3.65. The van der Waals surface area contributed by atoms with Crippen LogP contribution in [0.1, 0.15) is 28.3 Å². The first-order chi connectivity index (χ1) is 13.9. The molecule has 29 heavy (non-hydrogen) atoms. The maximum Gasteiger partial charge on any atom is 0.255 e. The lowest BCUT2D eigenvalue weighted by Crippen LogP contribution is -2.36. The highest BCUT2D eigenvalue weighted by molar-refractivity contribution is 5.98. The van der Waals surface area contributed by atoms with E-state index in [9.17, 15) is 9.18 Å². The van der Waals surface area contributed by atoms with E-state index in [-0.39, 0.29) is 17.8 Å². The van der Waals surface area contributed by atoms with E-state index >= 15 is 0 Å². The van der Waals surface area contributed by atoms with Crippen LogP contribution in [0.5, 0.6) is 0 Å². The van der Waals surface area contributed by atoms with Gasteiger partial charge in [0.2, 0.25) is 0 Å². The van der Waals surface area contributed by atoms with Crippen LogP contribution in [-0.2, 0) is 6.54 Å². The van der Waals surface area contributed by atoms with Crippen molar-refractivity contribution in [1.82, 2.24) is 24.8 Å². The summed E-state index contributed by atoms with van der Waals surface area (Å²) in [5, 5.41) is 0.757. The van der Waals surface area contributed by atoms with Crippen LogP contribution in [0.15, 0.2) is 36.5 Å². The van der Waals surface area contributed by atoms with Crippen LogP contribution in [0, 0.1) is 12.7 Å². The van der Waals surface area contributed by atoms with E-state index in [2.05, 4.69) is 19.9 Å². The summed E-state index contributed by atoms with van der Waals surface area (Å²) in [5.41, 5.74) is 7.45. The molecule has 0 aliphatic carbocycles. The molecule has 0 radical (unpaired) electrons. The van der Waals surface area contributed by atoms with Gasteiger partial charge >= 0.3 is 0 Å². The summed E-state index contributed by atoms with van der Waals surface area (Å²) < 4.78 is 13.4. The number of pyridine rings is 1. The first-order valence-electron chi connectivity index (χ1n) is 9.54. The molecule has 4 rings (SSSR count). The summed E-state index contributed by atoms with van der Waals surface area (Å²) in [4.78, 5) is 30.0. The summed E-state index contributed by atoms with van der Waals surface area (Å²) in [6.07, 6.45) is 2.52. The van der Waals surface area contributed by atoms with Gasteiger partial charge in [0.25, 0.3) is 5.91 Å². The molecule has 2 N–H and O–H groups in total. The zero-order chi connectivity index (χ0) is 20.5. The van der Waals surface area contributed by atoms with Crippen molar-refractivity contribution in [2.75, 3.05) is 25.9 Å². The highest BCUT2D eigenvalue weighted by Crippen LogP contribution is 2.22. The normalized spacial score (nSPS) is 16.7. The molecule has 1 unspecified atom stereocenters. The first kappa shape index (κ1) is 19.2. The minimum Gasteiger partial charge on any atom is -0.384 e. The molecule has 1 atom stereocenters. The number of amides is 1. The molecule has 0 saturated carbocycles. The second-order valence-electron chi connectivity index (χ2n) is 7.46. The fraction of sp³-hybridized carbons (Fsp3) is 0.333. The molecule has 0 bridgehead atoms. The summed E-state index contributed by atoms with van der Waals surface area (Å²) >= 11 is 0. The number of nitrogen functional groups attached to an aromatic ring is 1. The molecule has 1 aliphatic heterocycles. The Hall–Kier alpha value is -3.13. The number of likely N-dealkylation sites (N-methyl/N-ethyl adjacent to an activating group) is 1. The molecular formula is C21H23FN6O. The molecule has 3 aromatic rings. The number of nitrogens with two attached hydrogens (primary N) is 1. The number of halogens is 1. The highest BCUT2D eigenvalue weighted by Gasteiger charge is 2.30. The van der Waals surface area contributed by atoms with Crippen LogP contribution >= 0.6 is 0 Å². The van der Waals surface area contributed by atoms with Crippen molar-refractivity contribution < 1.29 is 9.18 Å². The number of aryl methyl sites for hydroxylation is 1. The van der Waals surface area contributed by atoms with Gasteiger partial charge in [-0.15, -0.1) is 0 Å². The molecule has 8 heteroatoms. The number of likely N-dealkylation sites (tertiary alicyclic amines) is 1. The molecule has 3 heterocycles. The van der Waals surface area contributed by atoms with Crippen molar-refractivity contribution in [2.24, 2.45) is 0 Å². The fourth-order valence-electron chi connectivity index (χ4n) is 3.75. The zero-order valence-corrected chi connectivity index (χ0v) is 16.5. The van der Waals surface area contributed by atoms with Crippen LogP contribution in [-0.4, -0.2) is 56.8 Å². The average Bonchev–Trinajstić information content (AvgIpc) is 3.17. The number of benzene rings is 1. The molecule has 0 spiro atoms. The van der Waals surface area contributed by atoms with Gasteiger partial charge in [0.1, 0.15) is 17.5 Å². The topological polar surface area (TPSA) is 88.2 Å². The van der Waals surface area contributed by atoms with Gasteiger partial charge < -0.3 is 10.6 Å². The second kappa shape index (κ2) is 7.71. The number of nitrogens with zero attached hydrogens (tertiary/aromatic N) is 5. The Labute approximate surface area is 168 Å². The Kier molecular flexibility index (Phi) is 5.10. The number of carbonyl (C=O) groups excluding carboxylic acids is 1. The van der Waals surface area contributed by atoms with Gasteiger partial charge in [-0.3, -0.25) is 14.7 Å². The predicted octanol–water partition coefficient (Wildman–Crippen LogP) is 2.40. The zero-order valence-electron chi connectivity index (χ0n) is 16.5. The van der Waals surface area contributed by atoms with E-state index in [0.29, 0.717) is 48.1 Å². The first-order valence-corrected chi connectivity index (χ1v) is 9.54. The third kappa shape index (κ3) is 4.02. The van der Waals surface area contributed by atoms with Crippen molar-refractivity contribution in [3.05, 3.63) is 59.4 Å². The number of rotatable bonds is 4. The predicted molar refractivity (Wildman–Crippen MR) is 109 cm³/mol. The standard InChI is InChI=1S/C21H23FN6O/c1-13-17(9-14-3-4-15(22)10-18(14)25-13)21(29)28-8-6-16(11-28)27(2)12-20-24-7-5-19(23)26-20/h3-5,7,9-10,16H,6,8,11-12H2,1-2H3,(H2,23,24,26). The van der Waals surface area contributed by atoms with Crippen LogP contribution in [0.3, 0.4) is 0 Å². The van der Waals surface area contributed by atoms with Crippen LogP contribution in [0.2, 0.25) is 0 Å². The number of anilines is 1. The van der Waals surface area contributed by atoms with Gasteiger partial charge in [0.05, 0.1) is 23.3 Å². The Morgan fingerprint density at radius 2 is 2.14 bits per heavy atom. The van der Waals surface area contributed by atoms with Gasteiger partial charge in [-0.05, 0) is 44.7 Å². The number of fused-ring (bicyclic) bond motifs is 1. The molecular weight excluding hydrogens is 371 g/mol. The quantitative estimate of drug-likeness (QED) is 0.731. The minimum absolute atomic E-state index is 0.0441.